The van der Waals surface area contributed by atoms with Gasteiger partial charge in [-0.05, 0) is 6.42 Å². The summed E-state index contributed by atoms with van der Waals surface area (Å²) >= 11 is 0. The smallest absolute Gasteiger partial charge is 0.377 e. The molecule has 2 aliphatic rings. The zero-order valence-electron chi connectivity index (χ0n) is 10.7. The van der Waals surface area contributed by atoms with E-state index in [1.54, 1.807) is 0 Å². The second-order valence-electron chi connectivity index (χ2n) is 4.44. The summed E-state index contributed by atoms with van der Waals surface area (Å²) in [4.78, 5) is 23.0. The minimum Gasteiger partial charge on any atom is -0.493 e. The molecule has 0 bridgehead atoms. The Bertz CT molecular complexity index is 525. The van der Waals surface area contributed by atoms with Crippen LogP contribution in [0.4, 0.5) is 0 Å². The number of esters is 1. The van der Waals surface area contributed by atoms with Crippen LogP contribution in [0.2, 0.25) is 0 Å². The third-order valence-corrected chi connectivity index (χ3v) is 4.55. The van der Waals surface area contributed by atoms with Crippen molar-refractivity contribution in [3.05, 3.63) is 12.0 Å². The van der Waals surface area contributed by atoms with Gasteiger partial charge in [0.25, 0.3) is 5.91 Å². The predicted molar refractivity (Wildman–Crippen MR) is 66.1 cm³/mol. The monoisotopic (exact) mass is 305 g/mol. The van der Waals surface area contributed by atoms with Crippen LogP contribution in [0.3, 0.4) is 0 Å². The largest absolute Gasteiger partial charge is 0.493 e. The number of rotatable bonds is 4. The van der Waals surface area contributed by atoms with Gasteiger partial charge in [-0.15, -0.1) is 0 Å². The fraction of sp³-hybridized carbons (Fsp3) is 0.636. The van der Waals surface area contributed by atoms with Crippen molar-refractivity contribution in [3.8, 4) is 0 Å². The van der Waals surface area contributed by atoms with Gasteiger partial charge in [0.2, 0.25) is 5.76 Å². The van der Waals surface area contributed by atoms with Crippen LogP contribution in [0.1, 0.15) is 6.42 Å². The molecular weight excluding hydrogens is 290 g/mol. The van der Waals surface area contributed by atoms with E-state index in [9.17, 15) is 18.0 Å². The molecule has 1 atom stereocenters. The third kappa shape index (κ3) is 4.12. The second-order valence-corrected chi connectivity index (χ2v) is 6.67. The van der Waals surface area contributed by atoms with Crippen LogP contribution < -0.4 is 5.32 Å². The molecule has 0 aromatic carbocycles. The number of carbonyl (C=O) groups excluding carboxylic acids is 2. The molecule has 8 nitrogen and oxygen atoms in total. The van der Waals surface area contributed by atoms with Crippen molar-refractivity contribution >= 4 is 21.7 Å². The van der Waals surface area contributed by atoms with E-state index < -0.39 is 34.4 Å². The minimum atomic E-state index is -3.06. The van der Waals surface area contributed by atoms with Crippen molar-refractivity contribution in [2.45, 2.75) is 12.5 Å². The number of hydrogen-bond donors (Lipinski definition) is 1. The van der Waals surface area contributed by atoms with E-state index >= 15 is 0 Å². The van der Waals surface area contributed by atoms with Crippen LogP contribution in [0.5, 0.6) is 0 Å². The number of nitrogens with one attached hydrogen (secondary N) is 1. The summed E-state index contributed by atoms with van der Waals surface area (Å²) in [7, 11) is -3.06. The maximum absolute atomic E-state index is 11.5. The predicted octanol–water partition coefficient (Wildman–Crippen LogP) is -1.28. The molecule has 1 saturated heterocycles. The maximum atomic E-state index is 11.5. The molecule has 0 aromatic heterocycles. The molecule has 0 unspecified atom stereocenters. The molecule has 1 amide bonds. The SMILES string of the molecule is O=C(COC(=O)C1=COCCO1)N[C@H]1CCS(=O)(=O)C1. The molecule has 20 heavy (non-hydrogen) atoms. The van der Waals surface area contributed by atoms with E-state index in [1.807, 2.05) is 0 Å². The molecule has 1 fully saturated rings. The Morgan fingerprint density at radius 1 is 1.40 bits per heavy atom. The Labute approximate surface area is 116 Å². The third-order valence-electron chi connectivity index (χ3n) is 2.78. The van der Waals surface area contributed by atoms with E-state index in [-0.39, 0.29) is 23.9 Å². The molecule has 0 spiro atoms. The lowest BCUT2D eigenvalue weighted by Gasteiger charge is -2.15. The Balaban J connectivity index is 1.72. The molecule has 0 saturated carbocycles. The minimum absolute atomic E-state index is 0.0653. The molecule has 0 aliphatic carbocycles. The van der Waals surface area contributed by atoms with Crippen molar-refractivity contribution in [2.75, 3.05) is 31.3 Å². The van der Waals surface area contributed by atoms with Crippen LogP contribution in [0.15, 0.2) is 12.0 Å². The van der Waals surface area contributed by atoms with Gasteiger partial charge < -0.3 is 19.5 Å². The highest BCUT2D eigenvalue weighted by atomic mass is 32.2. The molecule has 2 heterocycles. The number of hydrogen-bond acceptors (Lipinski definition) is 7. The summed E-state index contributed by atoms with van der Waals surface area (Å²) in [6, 6.07) is -0.417. The average molecular weight is 305 g/mol. The lowest BCUT2D eigenvalue weighted by molar-refractivity contribution is -0.149. The van der Waals surface area contributed by atoms with Crippen LogP contribution in [-0.2, 0) is 33.6 Å². The first-order valence-electron chi connectivity index (χ1n) is 6.08. The van der Waals surface area contributed by atoms with Crippen molar-refractivity contribution in [1.82, 2.24) is 5.32 Å². The summed E-state index contributed by atoms with van der Waals surface area (Å²) in [6.45, 7) is 0.108. The highest BCUT2D eigenvalue weighted by molar-refractivity contribution is 7.91. The normalized spacial score (nSPS) is 24.0. The Morgan fingerprint density at radius 2 is 2.20 bits per heavy atom. The maximum Gasteiger partial charge on any atom is 0.377 e. The highest BCUT2D eigenvalue weighted by Gasteiger charge is 2.29. The number of amides is 1. The molecular formula is C11H15NO7S. The molecule has 2 rings (SSSR count). The first kappa shape index (κ1) is 14.6. The van der Waals surface area contributed by atoms with Crippen LogP contribution >= 0.6 is 0 Å². The van der Waals surface area contributed by atoms with Gasteiger partial charge in [0.15, 0.2) is 16.4 Å². The number of sulfone groups is 1. The summed E-state index contributed by atoms with van der Waals surface area (Å²) < 4.78 is 37.0. The van der Waals surface area contributed by atoms with Gasteiger partial charge >= 0.3 is 5.97 Å². The van der Waals surface area contributed by atoms with E-state index in [1.165, 1.54) is 0 Å². The molecule has 9 heteroatoms. The summed E-state index contributed by atoms with van der Waals surface area (Å²) in [5, 5.41) is 2.51. The lowest BCUT2D eigenvalue weighted by Crippen LogP contribution is -2.38. The molecule has 0 radical (unpaired) electrons. The van der Waals surface area contributed by atoms with Crippen LogP contribution in [-0.4, -0.2) is 57.7 Å². The summed E-state index contributed by atoms with van der Waals surface area (Å²) in [6.07, 6.45) is 1.51. The summed E-state index contributed by atoms with van der Waals surface area (Å²) in [5.74, 6) is -1.44. The van der Waals surface area contributed by atoms with Gasteiger partial charge in [0.1, 0.15) is 19.5 Å². The van der Waals surface area contributed by atoms with E-state index in [0.29, 0.717) is 13.0 Å². The van der Waals surface area contributed by atoms with E-state index in [0.717, 1.165) is 6.26 Å². The number of carbonyl (C=O) groups is 2. The van der Waals surface area contributed by atoms with Crippen molar-refractivity contribution in [2.24, 2.45) is 0 Å². The molecule has 112 valence electrons. The van der Waals surface area contributed by atoms with Gasteiger partial charge in [-0.2, -0.15) is 0 Å². The Hall–Kier alpha value is -1.77. The first-order chi connectivity index (χ1) is 9.46. The van der Waals surface area contributed by atoms with Gasteiger partial charge in [-0.3, -0.25) is 4.79 Å². The highest BCUT2D eigenvalue weighted by Crippen LogP contribution is 2.11. The van der Waals surface area contributed by atoms with Crippen molar-refractivity contribution < 1.29 is 32.2 Å². The average Bonchev–Trinajstić information content (AvgIpc) is 2.76. The van der Waals surface area contributed by atoms with Crippen LogP contribution in [0.25, 0.3) is 0 Å². The van der Waals surface area contributed by atoms with Crippen LogP contribution in [0, 0.1) is 0 Å². The lowest BCUT2D eigenvalue weighted by atomic mass is 10.2. The number of ether oxygens (including phenoxy) is 3. The van der Waals surface area contributed by atoms with Gasteiger partial charge in [-0.25, -0.2) is 13.2 Å². The fourth-order valence-corrected chi connectivity index (χ4v) is 3.53. The van der Waals surface area contributed by atoms with Gasteiger partial charge in [0, 0.05) is 6.04 Å². The van der Waals surface area contributed by atoms with E-state index in [4.69, 9.17) is 14.2 Å². The summed E-state index contributed by atoms with van der Waals surface area (Å²) in [5.41, 5.74) is 0. The molecule has 2 aliphatic heterocycles. The Kier molecular flexibility index (Phi) is 4.48. The molecule has 0 aromatic rings. The van der Waals surface area contributed by atoms with Gasteiger partial charge in [0.05, 0.1) is 11.5 Å². The fourth-order valence-electron chi connectivity index (χ4n) is 1.86. The quantitative estimate of drug-likeness (QED) is 0.644. The van der Waals surface area contributed by atoms with Crippen molar-refractivity contribution in [3.63, 3.8) is 0 Å². The van der Waals surface area contributed by atoms with Crippen molar-refractivity contribution in [1.29, 1.82) is 0 Å². The second kappa shape index (κ2) is 6.12. The van der Waals surface area contributed by atoms with E-state index in [2.05, 4.69) is 5.32 Å². The first-order valence-corrected chi connectivity index (χ1v) is 7.90. The zero-order chi connectivity index (χ0) is 14.6. The van der Waals surface area contributed by atoms with Gasteiger partial charge in [-0.1, -0.05) is 0 Å². The molecule has 1 N–H and O–H groups in total. The standard InChI is InChI=1S/C11H15NO7S/c13-10(12-8-1-4-20(15,16)7-8)6-19-11(14)9-5-17-2-3-18-9/h5,8H,1-4,6-7H2,(H,12,13)/t8-/m0/s1. The zero-order valence-corrected chi connectivity index (χ0v) is 11.5. The Morgan fingerprint density at radius 3 is 2.80 bits per heavy atom. The topological polar surface area (TPSA) is 108 Å².